The summed E-state index contributed by atoms with van der Waals surface area (Å²) in [6.07, 6.45) is 0.347. The van der Waals surface area contributed by atoms with Crippen molar-refractivity contribution >= 4 is 44.3 Å². The minimum Gasteiger partial charge on any atom is -0.376 e. The standard InChI is InChI=1S/C30H30Cl2F3N3O3S/c1-28(2,3)27-36-25-13-8-21(29(39,19-4-9-22(31)10-5-19)20-6-11-23(32)12-7-20)18-26(25)38(27)24-14-16-37(17-15-24)42(40,41)30(33,34)35/h4-13,18,24,39H,14-17H2,1-3H3. The molecule has 0 spiro atoms. The topological polar surface area (TPSA) is 75.4 Å². The number of fused-ring (bicyclic) bond motifs is 1. The molecule has 0 amide bonds. The van der Waals surface area contributed by atoms with Gasteiger partial charge < -0.3 is 9.67 Å². The van der Waals surface area contributed by atoms with Gasteiger partial charge in [-0.3, -0.25) is 0 Å². The Labute approximate surface area is 252 Å². The maximum absolute atomic E-state index is 13.2. The molecule has 12 heteroatoms. The maximum Gasteiger partial charge on any atom is 0.511 e. The Hall–Kier alpha value is -2.63. The van der Waals surface area contributed by atoms with E-state index in [2.05, 4.69) is 0 Å². The molecule has 0 unspecified atom stereocenters. The molecule has 4 aromatic rings. The van der Waals surface area contributed by atoms with Crippen LogP contribution in [0, 0.1) is 0 Å². The number of nitrogens with zero attached hydrogens (tertiary/aromatic N) is 3. The number of aromatic nitrogens is 2. The Morgan fingerprint density at radius 1 is 0.833 bits per heavy atom. The monoisotopic (exact) mass is 639 g/mol. The number of benzene rings is 3. The van der Waals surface area contributed by atoms with E-state index in [1.165, 1.54) is 0 Å². The van der Waals surface area contributed by atoms with Gasteiger partial charge in [-0.25, -0.2) is 13.4 Å². The molecule has 3 aromatic carbocycles. The second kappa shape index (κ2) is 10.8. The predicted molar refractivity (Wildman–Crippen MR) is 158 cm³/mol. The van der Waals surface area contributed by atoms with Crippen LogP contribution in [0.4, 0.5) is 13.2 Å². The highest BCUT2D eigenvalue weighted by molar-refractivity contribution is 7.90. The van der Waals surface area contributed by atoms with Gasteiger partial charge in [0.2, 0.25) is 0 Å². The van der Waals surface area contributed by atoms with E-state index in [1.54, 1.807) is 54.6 Å². The third-order valence-electron chi connectivity index (χ3n) is 7.72. The number of imidazole rings is 1. The summed E-state index contributed by atoms with van der Waals surface area (Å²) < 4.78 is 66.2. The lowest BCUT2D eigenvalue weighted by atomic mass is 9.80. The van der Waals surface area contributed by atoms with Gasteiger partial charge in [-0.15, -0.1) is 0 Å². The summed E-state index contributed by atoms with van der Waals surface area (Å²) in [5.41, 5.74) is -4.36. The van der Waals surface area contributed by atoms with Crippen LogP contribution in [-0.4, -0.2) is 46.0 Å². The van der Waals surface area contributed by atoms with Crippen LogP contribution < -0.4 is 0 Å². The molecule has 1 aliphatic heterocycles. The van der Waals surface area contributed by atoms with Crippen LogP contribution in [0.2, 0.25) is 10.0 Å². The molecule has 1 aliphatic rings. The summed E-state index contributed by atoms with van der Waals surface area (Å²) in [4.78, 5) is 4.89. The Morgan fingerprint density at radius 2 is 1.31 bits per heavy atom. The van der Waals surface area contributed by atoms with Gasteiger partial charge in [-0.05, 0) is 65.9 Å². The van der Waals surface area contributed by atoms with Gasteiger partial charge in [-0.1, -0.05) is 74.3 Å². The summed E-state index contributed by atoms with van der Waals surface area (Å²) >= 11 is 12.3. The number of hydrogen-bond donors (Lipinski definition) is 1. The smallest absolute Gasteiger partial charge is 0.376 e. The summed E-state index contributed by atoms with van der Waals surface area (Å²) in [6.45, 7) is 5.44. The molecular weight excluding hydrogens is 610 g/mol. The number of rotatable bonds is 5. The van der Waals surface area contributed by atoms with E-state index in [1.807, 2.05) is 37.5 Å². The largest absolute Gasteiger partial charge is 0.511 e. The van der Waals surface area contributed by atoms with Gasteiger partial charge in [0.15, 0.2) is 0 Å². The first kappa shape index (κ1) is 30.8. The minimum absolute atomic E-state index is 0.173. The molecule has 0 atom stereocenters. The van der Waals surface area contributed by atoms with E-state index < -0.39 is 26.5 Å². The summed E-state index contributed by atoms with van der Waals surface area (Å²) in [5.74, 6) is 0.716. The van der Waals surface area contributed by atoms with Crippen molar-refractivity contribution in [2.24, 2.45) is 0 Å². The lowest BCUT2D eigenvalue weighted by molar-refractivity contribution is -0.0496. The van der Waals surface area contributed by atoms with Crippen molar-refractivity contribution in [2.45, 2.75) is 56.2 Å². The molecule has 42 heavy (non-hydrogen) atoms. The zero-order valence-corrected chi connectivity index (χ0v) is 25.5. The number of halogens is 5. The predicted octanol–water partition coefficient (Wildman–Crippen LogP) is 7.41. The Morgan fingerprint density at radius 3 is 1.76 bits per heavy atom. The van der Waals surface area contributed by atoms with Crippen molar-refractivity contribution in [3.63, 3.8) is 0 Å². The average molecular weight is 641 g/mol. The molecule has 1 saturated heterocycles. The van der Waals surface area contributed by atoms with Gasteiger partial charge in [0, 0.05) is 34.6 Å². The third kappa shape index (κ3) is 5.43. The van der Waals surface area contributed by atoms with Crippen molar-refractivity contribution in [3.8, 4) is 0 Å². The summed E-state index contributed by atoms with van der Waals surface area (Å²) in [5, 5.41) is 13.5. The molecule has 224 valence electrons. The number of aliphatic hydroxyl groups is 1. The first-order chi connectivity index (χ1) is 19.5. The van der Waals surface area contributed by atoms with Crippen LogP contribution >= 0.6 is 23.2 Å². The fourth-order valence-corrected chi connectivity index (χ4v) is 6.82. The van der Waals surface area contributed by atoms with E-state index in [9.17, 15) is 26.7 Å². The second-order valence-electron chi connectivity index (χ2n) is 11.6. The third-order valence-corrected chi connectivity index (χ3v) is 9.86. The highest BCUT2D eigenvalue weighted by Gasteiger charge is 2.50. The molecular formula is C30H30Cl2F3N3O3S. The van der Waals surface area contributed by atoms with Crippen molar-refractivity contribution in [3.05, 3.63) is 99.3 Å². The quantitative estimate of drug-likeness (QED) is 0.231. The Bertz CT molecular complexity index is 1660. The molecule has 0 radical (unpaired) electrons. The lowest BCUT2D eigenvalue weighted by Crippen LogP contribution is -2.45. The van der Waals surface area contributed by atoms with E-state index in [-0.39, 0.29) is 32.0 Å². The van der Waals surface area contributed by atoms with Gasteiger partial charge in [0.25, 0.3) is 0 Å². The number of piperidine rings is 1. The minimum atomic E-state index is -5.41. The molecule has 6 nitrogen and oxygen atoms in total. The maximum atomic E-state index is 13.2. The molecule has 1 aromatic heterocycles. The highest BCUT2D eigenvalue weighted by atomic mass is 35.5. The average Bonchev–Trinajstić information content (AvgIpc) is 3.32. The molecule has 0 aliphatic carbocycles. The Kier molecular flexibility index (Phi) is 7.94. The fraction of sp³-hybridized carbons (Fsp3) is 0.367. The van der Waals surface area contributed by atoms with Gasteiger partial charge in [0.1, 0.15) is 11.4 Å². The molecule has 1 N–H and O–H groups in total. The summed E-state index contributed by atoms with van der Waals surface area (Å²) in [6, 6.07) is 18.9. The van der Waals surface area contributed by atoms with Crippen LogP contribution in [0.3, 0.4) is 0 Å². The SMILES string of the molecule is CC(C)(C)c1nc2ccc(C(O)(c3ccc(Cl)cc3)c3ccc(Cl)cc3)cc2n1C1CCN(S(=O)(=O)C(F)(F)F)CC1. The zero-order chi connectivity index (χ0) is 30.7. The van der Waals surface area contributed by atoms with Gasteiger partial charge in [0.05, 0.1) is 11.0 Å². The van der Waals surface area contributed by atoms with Crippen LogP contribution in [0.5, 0.6) is 0 Å². The van der Waals surface area contributed by atoms with E-state index >= 15 is 0 Å². The second-order valence-corrected chi connectivity index (χ2v) is 14.4. The first-order valence-corrected chi connectivity index (χ1v) is 15.6. The molecule has 0 saturated carbocycles. The number of sulfonamides is 1. The lowest BCUT2D eigenvalue weighted by Gasteiger charge is -2.35. The van der Waals surface area contributed by atoms with Gasteiger partial charge >= 0.3 is 15.5 Å². The normalized spacial score (nSPS) is 16.3. The number of hydrogen-bond acceptors (Lipinski definition) is 4. The van der Waals surface area contributed by atoms with Crippen molar-refractivity contribution < 1.29 is 26.7 Å². The number of alkyl halides is 3. The van der Waals surface area contributed by atoms with Crippen LogP contribution in [0.15, 0.2) is 66.7 Å². The van der Waals surface area contributed by atoms with Crippen LogP contribution in [0.25, 0.3) is 11.0 Å². The molecule has 0 bridgehead atoms. The van der Waals surface area contributed by atoms with E-state index in [4.69, 9.17) is 28.2 Å². The molecule has 2 heterocycles. The van der Waals surface area contributed by atoms with Crippen LogP contribution in [-0.2, 0) is 21.0 Å². The molecule has 1 fully saturated rings. The van der Waals surface area contributed by atoms with Crippen molar-refractivity contribution in [1.82, 2.24) is 13.9 Å². The van der Waals surface area contributed by atoms with Crippen molar-refractivity contribution in [2.75, 3.05) is 13.1 Å². The Balaban J connectivity index is 1.65. The summed E-state index contributed by atoms with van der Waals surface area (Å²) in [7, 11) is -5.41. The van der Waals surface area contributed by atoms with E-state index in [0.29, 0.717) is 47.9 Å². The first-order valence-electron chi connectivity index (χ1n) is 13.4. The fourth-order valence-electron chi connectivity index (χ4n) is 5.59. The van der Waals surface area contributed by atoms with Gasteiger partial charge in [-0.2, -0.15) is 17.5 Å². The van der Waals surface area contributed by atoms with Crippen LogP contribution in [0.1, 0.15) is 62.2 Å². The molecule has 5 rings (SSSR count). The highest BCUT2D eigenvalue weighted by Crippen LogP contribution is 2.41. The van der Waals surface area contributed by atoms with Crippen molar-refractivity contribution in [1.29, 1.82) is 0 Å². The zero-order valence-electron chi connectivity index (χ0n) is 23.2. The van der Waals surface area contributed by atoms with E-state index in [0.717, 1.165) is 0 Å².